The Kier molecular flexibility index (Phi) is 5.23. The molecule has 1 saturated heterocycles. The van der Waals surface area contributed by atoms with Crippen molar-refractivity contribution in [3.63, 3.8) is 0 Å². The van der Waals surface area contributed by atoms with Crippen LogP contribution in [0.5, 0.6) is 0 Å². The van der Waals surface area contributed by atoms with E-state index in [0.29, 0.717) is 13.0 Å². The highest BCUT2D eigenvalue weighted by Gasteiger charge is 2.34. The summed E-state index contributed by atoms with van der Waals surface area (Å²) in [5, 5.41) is -0.0605. The molecule has 1 aliphatic heterocycles. The van der Waals surface area contributed by atoms with Crippen molar-refractivity contribution in [2.45, 2.75) is 56.7 Å². The van der Waals surface area contributed by atoms with Crippen LogP contribution in [-0.2, 0) is 14.6 Å². The van der Waals surface area contributed by atoms with E-state index >= 15 is 0 Å². The summed E-state index contributed by atoms with van der Waals surface area (Å²) >= 11 is 0. The molecule has 7 nitrogen and oxygen atoms in total. The highest BCUT2D eigenvalue weighted by atomic mass is 32.2. The van der Waals surface area contributed by atoms with Crippen LogP contribution >= 0.6 is 0 Å². The lowest BCUT2D eigenvalue weighted by Crippen LogP contribution is -2.48. The molecule has 23 heavy (non-hydrogen) atoms. The van der Waals surface area contributed by atoms with E-state index in [4.69, 9.17) is 4.74 Å². The number of ether oxygens (including phenoxy) is 1. The molecule has 2 rings (SSSR count). The van der Waals surface area contributed by atoms with Gasteiger partial charge in [0, 0.05) is 25.0 Å². The second-order valence-corrected chi connectivity index (χ2v) is 8.63. The van der Waals surface area contributed by atoms with Gasteiger partial charge in [-0.05, 0) is 40.0 Å². The predicted molar refractivity (Wildman–Crippen MR) is 84.7 cm³/mol. The maximum Gasteiger partial charge on any atom is 0.410 e. The largest absolute Gasteiger partial charge is 0.444 e. The van der Waals surface area contributed by atoms with Gasteiger partial charge >= 0.3 is 6.09 Å². The van der Waals surface area contributed by atoms with Gasteiger partial charge in [-0.25, -0.2) is 18.2 Å². The molecule has 0 spiro atoms. The van der Waals surface area contributed by atoms with Crippen molar-refractivity contribution in [3.8, 4) is 0 Å². The fourth-order valence-electron chi connectivity index (χ4n) is 2.52. The van der Waals surface area contributed by atoms with Crippen LogP contribution in [0.3, 0.4) is 0 Å². The zero-order valence-electron chi connectivity index (χ0n) is 13.7. The van der Waals surface area contributed by atoms with Gasteiger partial charge in [-0.1, -0.05) is 0 Å². The molecular formula is C15H23N3O4S. The fraction of sp³-hybridized carbons (Fsp3) is 0.667. The number of rotatable bonds is 3. The molecule has 0 radical (unpaired) electrons. The van der Waals surface area contributed by atoms with Gasteiger partial charge in [0.2, 0.25) is 0 Å². The van der Waals surface area contributed by atoms with Gasteiger partial charge in [0.25, 0.3) is 0 Å². The molecule has 8 heteroatoms. The molecule has 1 atom stereocenters. The van der Waals surface area contributed by atoms with Gasteiger partial charge in [0.05, 0.1) is 11.9 Å². The van der Waals surface area contributed by atoms with Crippen molar-refractivity contribution in [2.75, 3.05) is 12.3 Å². The van der Waals surface area contributed by atoms with Crippen molar-refractivity contribution in [1.82, 2.24) is 14.9 Å². The zero-order valence-corrected chi connectivity index (χ0v) is 14.5. The lowest BCUT2D eigenvalue weighted by molar-refractivity contribution is 0.0124. The van der Waals surface area contributed by atoms with Gasteiger partial charge < -0.3 is 9.64 Å². The van der Waals surface area contributed by atoms with E-state index in [2.05, 4.69) is 9.97 Å². The Morgan fingerprint density at radius 3 is 2.70 bits per heavy atom. The standard InChI is InChI=1S/C15H23N3O4S/c1-15(2,3)22-14(19)18-9-5-4-6-12(18)11-23(20,21)13-10-16-7-8-17-13/h7-8,10,12H,4-6,9,11H2,1-3H3. The number of sulfone groups is 1. The molecule has 0 saturated carbocycles. The van der Waals surface area contributed by atoms with Gasteiger partial charge in [-0.3, -0.25) is 4.98 Å². The number of nitrogens with zero attached hydrogens (tertiary/aromatic N) is 3. The molecule has 1 aromatic rings. The van der Waals surface area contributed by atoms with E-state index in [1.165, 1.54) is 23.5 Å². The number of hydrogen-bond acceptors (Lipinski definition) is 6. The lowest BCUT2D eigenvalue weighted by Gasteiger charge is -2.36. The number of likely N-dealkylation sites (tertiary alicyclic amines) is 1. The van der Waals surface area contributed by atoms with Gasteiger partial charge in [0.15, 0.2) is 14.9 Å². The molecule has 0 aromatic carbocycles. The van der Waals surface area contributed by atoms with Gasteiger partial charge in [-0.15, -0.1) is 0 Å². The van der Waals surface area contributed by atoms with Crippen LogP contribution in [0.15, 0.2) is 23.6 Å². The molecule has 1 aliphatic rings. The minimum atomic E-state index is -3.59. The van der Waals surface area contributed by atoms with Crippen molar-refractivity contribution >= 4 is 15.9 Å². The van der Waals surface area contributed by atoms with E-state index in [-0.39, 0.29) is 10.8 Å². The smallest absolute Gasteiger partial charge is 0.410 e. The predicted octanol–water partition coefficient (Wildman–Crippen LogP) is 2.04. The minimum absolute atomic E-state index is 0.0605. The summed E-state index contributed by atoms with van der Waals surface area (Å²) in [6.07, 6.45) is 5.92. The Labute approximate surface area is 137 Å². The average molecular weight is 341 g/mol. The summed E-state index contributed by atoms with van der Waals surface area (Å²) in [4.78, 5) is 21.5. The normalized spacial score (nSPS) is 19.4. The monoisotopic (exact) mass is 341 g/mol. The average Bonchev–Trinajstić information content (AvgIpc) is 2.46. The fourth-order valence-corrected chi connectivity index (χ4v) is 3.99. The van der Waals surface area contributed by atoms with Gasteiger partial charge in [0.1, 0.15) is 5.60 Å². The summed E-state index contributed by atoms with van der Waals surface area (Å²) < 4.78 is 30.3. The molecule has 1 amide bonds. The van der Waals surface area contributed by atoms with Crippen LogP contribution < -0.4 is 0 Å². The van der Waals surface area contributed by atoms with Crippen molar-refractivity contribution < 1.29 is 17.9 Å². The van der Waals surface area contributed by atoms with Crippen LogP contribution in [0, 0.1) is 0 Å². The first-order chi connectivity index (χ1) is 10.7. The summed E-state index contributed by atoms with van der Waals surface area (Å²) in [5.74, 6) is -0.162. The third-order valence-electron chi connectivity index (χ3n) is 3.53. The number of amides is 1. The minimum Gasteiger partial charge on any atom is -0.444 e. The molecule has 2 heterocycles. The SMILES string of the molecule is CC(C)(C)OC(=O)N1CCCCC1CS(=O)(=O)c1cnccn1. The highest BCUT2D eigenvalue weighted by molar-refractivity contribution is 7.91. The van der Waals surface area contributed by atoms with E-state index in [0.717, 1.165) is 12.8 Å². The topological polar surface area (TPSA) is 89.5 Å². The molecular weight excluding hydrogens is 318 g/mol. The van der Waals surface area contributed by atoms with Crippen LogP contribution in [-0.4, -0.2) is 53.3 Å². The number of carbonyl (C=O) groups excluding carboxylic acids is 1. The molecule has 0 N–H and O–H groups in total. The first-order valence-electron chi connectivity index (χ1n) is 7.67. The molecule has 1 fully saturated rings. The maximum atomic E-state index is 12.5. The Hall–Kier alpha value is -1.70. The first kappa shape index (κ1) is 17.7. The molecule has 0 aliphatic carbocycles. The Balaban J connectivity index is 2.14. The first-order valence-corrected chi connectivity index (χ1v) is 9.33. The van der Waals surface area contributed by atoms with Crippen molar-refractivity contribution in [1.29, 1.82) is 0 Å². The Bertz CT molecular complexity index is 640. The molecule has 1 aromatic heterocycles. The second kappa shape index (κ2) is 6.82. The lowest BCUT2D eigenvalue weighted by atomic mass is 10.0. The number of aromatic nitrogens is 2. The molecule has 128 valence electrons. The van der Waals surface area contributed by atoms with Gasteiger partial charge in [-0.2, -0.15) is 0 Å². The summed E-state index contributed by atoms with van der Waals surface area (Å²) in [7, 11) is -3.59. The van der Waals surface area contributed by atoms with E-state index in [1.807, 2.05) is 0 Å². The number of carbonyl (C=O) groups is 1. The van der Waals surface area contributed by atoms with Crippen LogP contribution in [0.4, 0.5) is 4.79 Å². The molecule has 0 bridgehead atoms. The summed E-state index contributed by atoms with van der Waals surface area (Å²) in [6, 6.07) is -0.398. The van der Waals surface area contributed by atoms with Crippen LogP contribution in [0.25, 0.3) is 0 Å². The maximum absolute atomic E-state index is 12.5. The van der Waals surface area contributed by atoms with Crippen molar-refractivity contribution in [3.05, 3.63) is 18.6 Å². The van der Waals surface area contributed by atoms with E-state index in [9.17, 15) is 13.2 Å². The Morgan fingerprint density at radius 1 is 1.35 bits per heavy atom. The van der Waals surface area contributed by atoms with Crippen LogP contribution in [0.1, 0.15) is 40.0 Å². The second-order valence-electron chi connectivity index (χ2n) is 6.65. The van der Waals surface area contributed by atoms with Crippen molar-refractivity contribution in [2.24, 2.45) is 0 Å². The number of piperidine rings is 1. The zero-order chi connectivity index (χ0) is 17.1. The van der Waals surface area contributed by atoms with E-state index < -0.39 is 27.6 Å². The third-order valence-corrected chi connectivity index (χ3v) is 5.20. The quantitative estimate of drug-likeness (QED) is 0.836. The summed E-state index contributed by atoms with van der Waals surface area (Å²) in [5.41, 5.74) is -0.608. The third kappa shape index (κ3) is 4.89. The highest BCUT2D eigenvalue weighted by Crippen LogP contribution is 2.23. The number of hydrogen-bond donors (Lipinski definition) is 0. The summed E-state index contributed by atoms with van der Waals surface area (Å²) in [6.45, 7) is 5.88. The van der Waals surface area contributed by atoms with Crippen LogP contribution in [0.2, 0.25) is 0 Å². The van der Waals surface area contributed by atoms with E-state index in [1.54, 1.807) is 20.8 Å². The molecule has 1 unspecified atom stereocenters. The Morgan fingerprint density at radius 2 is 2.09 bits per heavy atom.